The summed E-state index contributed by atoms with van der Waals surface area (Å²) >= 11 is 9.11. The SMILES string of the molecule is Cn1c(-c2nccs2)nc(-c2ccc(S(C)(=O)=O)cc2)c1Sc1ccc(Cl)cc1. The van der Waals surface area contributed by atoms with Crippen LogP contribution in [0, 0.1) is 0 Å². The third-order valence-electron chi connectivity index (χ3n) is 4.25. The molecule has 0 fully saturated rings. The summed E-state index contributed by atoms with van der Waals surface area (Å²) in [6.45, 7) is 0. The van der Waals surface area contributed by atoms with Crippen molar-refractivity contribution in [1.29, 1.82) is 0 Å². The van der Waals surface area contributed by atoms with E-state index in [-0.39, 0.29) is 4.90 Å². The number of imidazole rings is 1. The number of halogens is 1. The van der Waals surface area contributed by atoms with E-state index in [4.69, 9.17) is 16.6 Å². The van der Waals surface area contributed by atoms with Crippen LogP contribution in [-0.2, 0) is 16.9 Å². The quantitative estimate of drug-likeness (QED) is 0.397. The van der Waals surface area contributed by atoms with Gasteiger partial charge in [0.15, 0.2) is 20.7 Å². The van der Waals surface area contributed by atoms with Gasteiger partial charge in [-0.2, -0.15) is 0 Å². The summed E-state index contributed by atoms with van der Waals surface area (Å²) in [5.41, 5.74) is 1.62. The number of thiazole rings is 1. The van der Waals surface area contributed by atoms with Crippen LogP contribution in [-0.4, -0.2) is 29.2 Å². The van der Waals surface area contributed by atoms with E-state index >= 15 is 0 Å². The van der Waals surface area contributed by atoms with Gasteiger partial charge in [-0.1, -0.05) is 35.5 Å². The van der Waals surface area contributed by atoms with Crippen LogP contribution in [0.2, 0.25) is 5.02 Å². The second-order valence-corrected chi connectivity index (χ2v) is 10.7. The molecule has 29 heavy (non-hydrogen) atoms. The summed E-state index contributed by atoms with van der Waals surface area (Å²) in [5, 5.41) is 4.35. The molecule has 0 saturated heterocycles. The van der Waals surface area contributed by atoms with E-state index in [1.165, 1.54) is 17.6 Å². The summed E-state index contributed by atoms with van der Waals surface area (Å²) in [4.78, 5) is 10.5. The third kappa shape index (κ3) is 4.25. The largest absolute Gasteiger partial charge is 0.320 e. The maximum atomic E-state index is 11.8. The van der Waals surface area contributed by atoms with Crippen molar-refractivity contribution < 1.29 is 8.42 Å². The van der Waals surface area contributed by atoms with E-state index < -0.39 is 9.84 Å². The molecule has 4 rings (SSSR count). The lowest BCUT2D eigenvalue weighted by Gasteiger charge is -2.07. The first-order valence-corrected chi connectivity index (χ1v) is 12.5. The molecular weight excluding hydrogens is 446 g/mol. The number of hydrogen-bond acceptors (Lipinski definition) is 6. The molecule has 2 aromatic carbocycles. The Morgan fingerprint density at radius 2 is 1.76 bits per heavy atom. The predicted molar refractivity (Wildman–Crippen MR) is 118 cm³/mol. The fraction of sp³-hybridized carbons (Fsp3) is 0.100. The Bertz CT molecular complexity index is 1250. The molecule has 0 aliphatic rings. The number of nitrogens with zero attached hydrogens (tertiary/aromatic N) is 3. The molecule has 0 bridgehead atoms. The smallest absolute Gasteiger partial charge is 0.175 e. The molecule has 0 spiro atoms. The topological polar surface area (TPSA) is 64.8 Å². The van der Waals surface area contributed by atoms with Gasteiger partial charge in [0.05, 0.1) is 4.90 Å². The van der Waals surface area contributed by atoms with Gasteiger partial charge in [0.25, 0.3) is 0 Å². The predicted octanol–water partition coefficient (Wildman–Crippen LogP) is 5.42. The lowest BCUT2D eigenvalue weighted by atomic mass is 10.2. The van der Waals surface area contributed by atoms with E-state index in [2.05, 4.69) is 4.98 Å². The van der Waals surface area contributed by atoms with Gasteiger partial charge >= 0.3 is 0 Å². The summed E-state index contributed by atoms with van der Waals surface area (Å²) in [5.74, 6) is 0.763. The van der Waals surface area contributed by atoms with Gasteiger partial charge in [0.1, 0.15) is 10.7 Å². The average Bonchev–Trinajstić information content (AvgIpc) is 3.32. The average molecular weight is 462 g/mol. The fourth-order valence-corrected chi connectivity index (χ4v) is 5.18. The highest BCUT2D eigenvalue weighted by Crippen LogP contribution is 2.39. The van der Waals surface area contributed by atoms with E-state index in [9.17, 15) is 8.42 Å². The zero-order chi connectivity index (χ0) is 20.6. The summed E-state index contributed by atoms with van der Waals surface area (Å²) < 4.78 is 25.6. The molecule has 0 radical (unpaired) electrons. The van der Waals surface area contributed by atoms with Crippen molar-refractivity contribution in [2.45, 2.75) is 14.8 Å². The fourth-order valence-electron chi connectivity index (χ4n) is 2.79. The number of hydrogen-bond donors (Lipinski definition) is 0. The van der Waals surface area contributed by atoms with Crippen molar-refractivity contribution in [3.05, 3.63) is 65.1 Å². The van der Waals surface area contributed by atoms with Crippen LogP contribution >= 0.6 is 34.7 Å². The lowest BCUT2D eigenvalue weighted by Crippen LogP contribution is -1.96. The highest BCUT2D eigenvalue weighted by molar-refractivity contribution is 7.99. The van der Waals surface area contributed by atoms with E-state index in [0.29, 0.717) is 5.02 Å². The second kappa shape index (κ2) is 7.95. The Morgan fingerprint density at radius 1 is 1.07 bits per heavy atom. The lowest BCUT2D eigenvalue weighted by molar-refractivity contribution is 0.602. The maximum Gasteiger partial charge on any atom is 0.175 e. The normalized spacial score (nSPS) is 11.7. The van der Waals surface area contributed by atoms with Crippen LogP contribution in [0.25, 0.3) is 22.1 Å². The minimum Gasteiger partial charge on any atom is -0.320 e. The van der Waals surface area contributed by atoms with Crippen LogP contribution in [0.15, 0.2) is 74.9 Å². The van der Waals surface area contributed by atoms with Crippen LogP contribution in [0.4, 0.5) is 0 Å². The maximum absolute atomic E-state index is 11.8. The zero-order valence-corrected chi connectivity index (χ0v) is 18.7. The minimum atomic E-state index is -3.25. The molecule has 9 heteroatoms. The Kier molecular flexibility index (Phi) is 5.52. The van der Waals surface area contributed by atoms with E-state index in [1.54, 1.807) is 42.2 Å². The number of benzene rings is 2. The summed E-state index contributed by atoms with van der Waals surface area (Å²) in [7, 11) is -1.30. The minimum absolute atomic E-state index is 0.282. The van der Waals surface area contributed by atoms with Gasteiger partial charge in [-0.05, 0) is 36.4 Å². The van der Waals surface area contributed by atoms with Gasteiger partial charge in [0, 0.05) is 40.4 Å². The number of sulfone groups is 1. The Morgan fingerprint density at radius 3 is 2.34 bits per heavy atom. The Labute approximate surface area is 182 Å². The monoisotopic (exact) mass is 461 g/mol. The van der Waals surface area contributed by atoms with Gasteiger partial charge in [-0.15, -0.1) is 11.3 Å². The van der Waals surface area contributed by atoms with Crippen molar-refractivity contribution >= 4 is 44.5 Å². The van der Waals surface area contributed by atoms with Gasteiger partial charge in [-0.25, -0.2) is 18.4 Å². The first-order valence-electron chi connectivity index (χ1n) is 8.53. The van der Waals surface area contributed by atoms with Crippen molar-refractivity contribution in [3.8, 4) is 22.1 Å². The second-order valence-electron chi connectivity index (χ2n) is 6.34. The Hall–Kier alpha value is -2.13. The molecule has 0 aliphatic carbocycles. The molecule has 2 aromatic heterocycles. The third-order valence-corrected chi connectivity index (χ3v) is 7.57. The molecule has 148 valence electrons. The first-order chi connectivity index (χ1) is 13.8. The van der Waals surface area contributed by atoms with Crippen LogP contribution in [0.1, 0.15) is 0 Å². The molecular formula is C20H16ClN3O2S3. The molecule has 2 heterocycles. The van der Waals surface area contributed by atoms with Gasteiger partial charge in [-0.3, -0.25) is 0 Å². The molecule has 0 unspecified atom stereocenters. The molecule has 0 aliphatic heterocycles. The highest BCUT2D eigenvalue weighted by Gasteiger charge is 2.20. The number of rotatable bonds is 5. The van der Waals surface area contributed by atoms with Gasteiger partial charge < -0.3 is 4.57 Å². The van der Waals surface area contributed by atoms with Crippen LogP contribution in [0.3, 0.4) is 0 Å². The molecule has 0 N–H and O–H groups in total. The molecule has 4 aromatic rings. The zero-order valence-electron chi connectivity index (χ0n) is 15.5. The van der Waals surface area contributed by atoms with Gasteiger partial charge in [0.2, 0.25) is 0 Å². The van der Waals surface area contributed by atoms with Crippen molar-refractivity contribution in [3.63, 3.8) is 0 Å². The van der Waals surface area contributed by atoms with Crippen molar-refractivity contribution in [2.75, 3.05) is 6.26 Å². The van der Waals surface area contributed by atoms with Crippen molar-refractivity contribution in [2.24, 2.45) is 7.05 Å². The standard InChI is InChI=1S/C20H16ClN3O2S3/c1-24-18(19-22-11-12-27-19)23-17(13-3-9-16(10-4-13)29(2,25)26)20(24)28-15-7-5-14(21)6-8-15/h3-12H,1-2H3. The summed E-state index contributed by atoms with van der Waals surface area (Å²) in [6, 6.07) is 14.4. The van der Waals surface area contributed by atoms with Crippen LogP contribution in [0.5, 0.6) is 0 Å². The number of aromatic nitrogens is 3. The molecule has 0 amide bonds. The van der Waals surface area contributed by atoms with Crippen molar-refractivity contribution in [1.82, 2.24) is 14.5 Å². The molecule has 0 saturated carbocycles. The highest BCUT2D eigenvalue weighted by atomic mass is 35.5. The summed E-state index contributed by atoms with van der Waals surface area (Å²) in [6.07, 6.45) is 2.95. The molecule has 5 nitrogen and oxygen atoms in total. The van der Waals surface area contributed by atoms with E-state index in [0.717, 1.165) is 32.0 Å². The molecule has 0 atom stereocenters. The van der Waals surface area contributed by atoms with E-state index in [1.807, 2.05) is 41.3 Å². The first kappa shape index (κ1) is 20.2. The Balaban J connectivity index is 1.83. The van der Waals surface area contributed by atoms with Crippen LogP contribution < -0.4 is 0 Å².